The zero-order chi connectivity index (χ0) is 15.3. The fourth-order valence-electron chi connectivity index (χ4n) is 3.39. The molecule has 1 atom stereocenters. The van der Waals surface area contributed by atoms with Crippen molar-refractivity contribution in [1.82, 2.24) is 4.90 Å². The van der Waals surface area contributed by atoms with Gasteiger partial charge >= 0.3 is 0 Å². The maximum absolute atomic E-state index is 12.4. The highest BCUT2D eigenvalue weighted by Crippen LogP contribution is 2.45. The predicted molar refractivity (Wildman–Crippen MR) is 81.5 cm³/mol. The van der Waals surface area contributed by atoms with Crippen molar-refractivity contribution in [3.05, 3.63) is 21.9 Å². The summed E-state index contributed by atoms with van der Waals surface area (Å²) in [5, 5.41) is 1.89. The number of ether oxygens (including phenoxy) is 1. The van der Waals surface area contributed by atoms with E-state index in [9.17, 15) is 13.2 Å². The van der Waals surface area contributed by atoms with E-state index in [1.54, 1.807) is 12.0 Å². The number of amides is 1. The van der Waals surface area contributed by atoms with Gasteiger partial charge in [0.2, 0.25) is 0 Å². The number of likely N-dealkylation sites (tertiary alicyclic amines) is 1. The zero-order valence-electron chi connectivity index (χ0n) is 12.2. The maximum atomic E-state index is 12.4. The van der Waals surface area contributed by atoms with E-state index in [2.05, 4.69) is 0 Å². The summed E-state index contributed by atoms with van der Waals surface area (Å²) in [5.74, 6) is 0.161. The lowest BCUT2D eigenvalue weighted by molar-refractivity contribution is 0.0340. The third-order valence-corrected chi connectivity index (χ3v) is 8.33. The Morgan fingerprint density at radius 1 is 1.52 bits per heavy atom. The largest absolute Gasteiger partial charge is 0.384 e. The van der Waals surface area contributed by atoms with Crippen LogP contribution in [0.4, 0.5) is 0 Å². The molecular weight excluding hydrogens is 310 g/mol. The van der Waals surface area contributed by atoms with Gasteiger partial charge < -0.3 is 9.64 Å². The highest BCUT2D eigenvalue weighted by atomic mass is 32.2. The summed E-state index contributed by atoms with van der Waals surface area (Å²) >= 11 is 1.41. The van der Waals surface area contributed by atoms with Crippen LogP contribution in [-0.4, -0.2) is 56.5 Å². The Kier molecular flexibility index (Phi) is 3.62. The second-order valence-electron chi connectivity index (χ2n) is 5.92. The third-order valence-electron chi connectivity index (χ3n) is 4.73. The Hall–Kier alpha value is -0.920. The summed E-state index contributed by atoms with van der Waals surface area (Å²) in [4.78, 5) is 14.8. The van der Waals surface area contributed by atoms with E-state index in [1.807, 2.05) is 18.4 Å². The molecule has 2 aliphatic rings. The van der Waals surface area contributed by atoms with E-state index >= 15 is 0 Å². The second kappa shape index (κ2) is 5.07. The van der Waals surface area contributed by atoms with Crippen molar-refractivity contribution in [2.75, 3.05) is 32.6 Å². The van der Waals surface area contributed by atoms with Crippen LogP contribution in [0, 0.1) is 12.8 Å². The van der Waals surface area contributed by atoms with E-state index in [0.29, 0.717) is 31.0 Å². The molecule has 2 fully saturated rings. The van der Waals surface area contributed by atoms with Gasteiger partial charge in [0.05, 0.1) is 17.2 Å². The molecule has 1 aromatic rings. The molecule has 0 aromatic carbocycles. The first-order chi connectivity index (χ1) is 9.91. The Morgan fingerprint density at radius 2 is 2.24 bits per heavy atom. The summed E-state index contributed by atoms with van der Waals surface area (Å²) < 4.78 is 29.2. The third kappa shape index (κ3) is 2.13. The standard InChI is InChI=1S/C14H19NO4S2/c1-10-3-5-20-12(10)13(16)15-8-14(9-15)11(7-19-2)4-6-21(14,17)18/h3,5,11H,4,6-9H2,1-2H3/t11-/m1/s1. The van der Waals surface area contributed by atoms with Gasteiger partial charge in [-0.15, -0.1) is 11.3 Å². The average Bonchev–Trinajstić information content (AvgIpc) is 2.90. The van der Waals surface area contributed by atoms with Gasteiger partial charge in [0, 0.05) is 26.1 Å². The first-order valence-corrected chi connectivity index (χ1v) is 9.49. The first kappa shape index (κ1) is 15.0. The monoisotopic (exact) mass is 329 g/mol. The van der Waals surface area contributed by atoms with Gasteiger partial charge in [0.15, 0.2) is 9.84 Å². The minimum Gasteiger partial charge on any atom is -0.384 e. The number of carbonyl (C=O) groups excluding carboxylic acids is 1. The normalized spacial score (nSPS) is 26.0. The van der Waals surface area contributed by atoms with Crippen LogP contribution in [0.1, 0.15) is 21.7 Å². The number of rotatable bonds is 3. The molecule has 1 amide bonds. The number of aryl methyl sites for hydroxylation is 1. The summed E-state index contributed by atoms with van der Waals surface area (Å²) in [6, 6.07) is 1.91. The van der Waals surface area contributed by atoms with Gasteiger partial charge in [-0.3, -0.25) is 4.79 Å². The molecule has 2 aliphatic heterocycles. The molecule has 116 valence electrons. The lowest BCUT2D eigenvalue weighted by Crippen LogP contribution is -2.68. The van der Waals surface area contributed by atoms with E-state index < -0.39 is 14.6 Å². The molecule has 21 heavy (non-hydrogen) atoms. The molecule has 0 radical (unpaired) electrons. The molecule has 0 bridgehead atoms. The molecular formula is C14H19NO4S2. The lowest BCUT2D eigenvalue weighted by atomic mass is 9.83. The molecule has 7 heteroatoms. The summed E-state index contributed by atoms with van der Waals surface area (Å²) in [6.45, 7) is 2.96. The highest BCUT2D eigenvalue weighted by molar-refractivity contribution is 7.93. The van der Waals surface area contributed by atoms with Crippen molar-refractivity contribution in [1.29, 1.82) is 0 Å². The van der Waals surface area contributed by atoms with E-state index in [0.717, 1.165) is 5.56 Å². The van der Waals surface area contributed by atoms with Crippen molar-refractivity contribution in [2.45, 2.75) is 18.1 Å². The summed E-state index contributed by atoms with van der Waals surface area (Å²) in [7, 11) is -1.54. The van der Waals surface area contributed by atoms with E-state index in [-0.39, 0.29) is 17.6 Å². The predicted octanol–water partition coefficient (Wildman–Crippen LogP) is 1.33. The molecule has 0 aliphatic carbocycles. The van der Waals surface area contributed by atoms with Crippen molar-refractivity contribution in [3.8, 4) is 0 Å². The van der Waals surface area contributed by atoms with Crippen LogP contribution < -0.4 is 0 Å². The quantitative estimate of drug-likeness (QED) is 0.839. The molecule has 2 saturated heterocycles. The number of nitrogens with zero attached hydrogens (tertiary/aromatic N) is 1. The molecule has 1 aromatic heterocycles. The number of sulfone groups is 1. The fraction of sp³-hybridized carbons (Fsp3) is 0.643. The Labute approximate surface area is 128 Å². The van der Waals surface area contributed by atoms with Gasteiger partial charge in [-0.25, -0.2) is 8.42 Å². The van der Waals surface area contributed by atoms with Gasteiger partial charge in [-0.05, 0) is 30.4 Å². The number of thiophene rings is 1. The number of carbonyl (C=O) groups is 1. The van der Waals surface area contributed by atoms with Crippen LogP contribution in [0.15, 0.2) is 11.4 Å². The van der Waals surface area contributed by atoms with Crippen LogP contribution in [-0.2, 0) is 14.6 Å². The topological polar surface area (TPSA) is 63.7 Å². The van der Waals surface area contributed by atoms with Gasteiger partial charge in [-0.1, -0.05) is 0 Å². The molecule has 0 unspecified atom stereocenters. The molecule has 0 N–H and O–H groups in total. The van der Waals surface area contributed by atoms with Gasteiger partial charge in [-0.2, -0.15) is 0 Å². The van der Waals surface area contributed by atoms with Crippen molar-refractivity contribution >= 4 is 27.1 Å². The molecule has 3 rings (SSSR count). The summed E-state index contributed by atoms with van der Waals surface area (Å²) in [5.41, 5.74) is 0.952. The number of hydrogen-bond acceptors (Lipinski definition) is 5. The summed E-state index contributed by atoms with van der Waals surface area (Å²) in [6.07, 6.45) is 0.635. The SMILES string of the molecule is COC[C@H]1CCS(=O)(=O)C12CN(C(=O)c1sccc1C)C2. The lowest BCUT2D eigenvalue weighted by Gasteiger charge is -2.49. The zero-order valence-corrected chi connectivity index (χ0v) is 13.8. The van der Waals surface area contributed by atoms with Crippen LogP contribution in [0.5, 0.6) is 0 Å². The maximum Gasteiger partial charge on any atom is 0.264 e. The Bertz CT molecular complexity index is 658. The van der Waals surface area contributed by atoms with Crippen molar-refractivity contribution in [3.63, 3.8) is 0 Å². The molecule has 3 heterocycles. The van der Waals surface area contributed by atoms with Crippen LogP contribution in [0.2, 0.25) is 0 Å². The highest BCUT2D eigenvalue weighted by Gasteiger charge is 2.62. The van der Waals surface area contributed by atoms with Crippen molar-refractivity contribution in [2.24, 2.45) is 5.92 Å². The Morgan fingerprint density at radius 3 is 2.81 bits per heavy atom. The van der Waals surface area contributed by atoms with Crippen LogP contribution in [0.3, 0.4) is 0 Å². The van der Waals surface area contributed by atoms with E-state index in [4.69, 9.17) is 4.74 Å². The van der Waals surface area contributed by atoms with Crippen molar-refractivity contribution < 1.29 is 17.9 Å². The fourth-order valence-corrected chi connectivity index (χ4v) is 6.68. The van der Waals surface area contributed by atoms with E-state index in [1.165, 1.54) is 11.3 Å². The number of methoxy groups -OCH3 is 1. The van der Waals surface area contributed by atoms with Crippen LogP contribution in [0.25, 0.3) is 0 Å². The van der Waals surface area contributed by atoms with Crippen LogP contribution >= 0.6 is 11.3 Å². The molecule has 0 saturated carbocycles. The average molecular weight is 329 g/mol. The number of hydrogen-bond donors (Lipinski definition) is 0. The Balaban J connectivity index is 1.79. The minimum atomic E-state index is -3.14. The first-order valence-electron chi connectivity index (χ1n) is 6.96. The molecule has 5 nitrogen and oxygen atoms in total. The van der Waals surface area contributed by atoms with Gasteiger partial charge in [0.1, 0.15) is 4.75 Å². The molecule has 1 spiro atoms. The second-order valence-corrected chi connectivity index (χ2v) is 9.29. The minimum absolute atomic E-state index is 0.000910. The smallest absolute Gasteiger partial charge is 0.264 e. The van der Waals surface area contributed by atoms with Gasteiger partial charge in [0.25, 0.3) is 5.91 Å².